The van der Waals surface area contributed by atoms with Crippen molar-refractivity contribution in [2.45, 2.75) is 88.9 Å². The SMILES string of the molecule is CCCCN1C(=O)[C@@H]([C@H](O)C2CCCCC2)NC(=O)C12CCN(Cc1ccc(Oc3ccc(N(C)S(C)(=O)=O)cc3)cc1)CC2.Cl. The molecule has 2 N–H and O–H groups in total. The molecular weight excluding hydrogens is 628 g/mol. The average molecular weight is 677 g/mol. The number of halogens is 1. The fourth-order valence-corrected chi connectivity index (χ4v) is 7.51. The zero-order chi connectivity index (χ0) is 32.2. The summed E-state index contributed by atoms with van der Waals surface area (Å²) in [5.41, 5.74) is 0.810. The highest BCUT2D eigenvalue weighted by Crippen LogP contribution is 2.36. The number of hydrogen-bond acceptors (Lipinski definition) is 7. The van der Waals surface area contributed by atoms with Crippen molar-refractivity contribution in [3.05, 3.63) is 54.1 Å². The second kappa shape index (κ2) is 15.4. The van der Waals surface area contributed by atoms with Gasteiger partial charge < -0.3 is 20.1 Å². The molecule has 3 aliphatic rings. The molecule has 0 unspecified atom stereocenters. The first-order valence-corrected chi connectivity index (χ1v) is 18.2. The molecule has 2 heterocycles. The Morgan fingerprint density at radius 1 is 1.00 bits per heavy atom. The Balaban J connectivity index is 0.00000480. The van der Waals surface area contributed by atoms with Gasteiger partial charge in [-0.25, -0.2) is 8.42 Å². The van der Waals surface area contributed by atoms with Crippen molar-refractivity contribution in [1.29, 1.82) is 0 Å². The van der Waals surface area contributed by atoms with Crippen LogP contribution in [0.25, 0.3) is 0 Å². The molecule has 5 rings (SSSR count). The van der Waals surface area contributed by atoms with Crippen molar-refractivity contribution in [3.8, 4) is 11.5 Å². The number of unbranched alkanes of at least 4 members (excludes halogenated alkanes) is 1. The first-order chi connectivity index (χ1) is 21.5. The third-order valence-corrected chi connectivity index (χ3v) is 11.1. The molecule has 12 heteroatoms. The molecule has 10 nitrogen and oxygen atoms in total. The minimum absolute atomic E-state index is 0. The van der Waals surface area contributed by atoms with Crippen molar-refractivity contribution < 1.29 is 27.9 Å². The normalized spacial score (nSPS) is 21.4. The number of aliphatic hydroxyl groups is 1. The van der Waals surface area contributed by atoms with Gasteiger partial charge in [0.15, 0.2) is 0 Å². The molecule has 2 atom stereocenters. The van der Waals surface area contributed by atoms with E-state index in [1.807, 2.05) is 29.2 Å². The van der Waals surface area contributed by atoms with Gasteiger partial charge in [-0.1, -0.05) is 44.7 Å². The van der Waals surface area contributed by atoms with Crippen molar-refractivity contribution >= 4 is 39.9 Å². The fourth-order valence-electron chi connectivity index (χ4n) is 7.01. The molecule has 2 aromatic carbocycles. The summed E-state index contributed by atoms with van der Waals surface area (Å²) in [7, 11) is -1.82. The van der Waals surface area contributed by atoms with E-state index >= 15 is 0 Å². The van der Waals surface area contributed by atoms with Crippen molar-refractivity contribution in [2.24, 2.45) is 5.92 Å². The van der Waals surface area contributed by atoms with Crippen molar-refractivity contribution in [1.82, 2.24) is 15.1 Å². The minimum Gasteiger partial charge on any atom is -0.457 e. The average Bonchev–Trinajstić information content (AvgIpc) is 3.04. The summed E-state index contributed by atoms with van der Waals surface area (Å²) >= 11 is 0. The monoisotopic (exact) mass is 676 g/mol. The van der Waals surface area contributed by atoms with Crippen LogP contribution in [0.4, 0.5) is 5.69 Å². The summed E-state index contributed by atoms with van der Waals surface area (Å²) in [4.78, 5) is 31.8. The predicted octanol–water partition coefficient (Wildman–Crippen LogP) is 4.70. The Morgan fingerprint density at radius 3 is 2.15 bits per heavy atom. The van der Waals surface area contributed by atoms with E-state index in [0.29, 0.717) is 49.7 Å². The number of ether oxygens (including phenoxy) is 1. The minimum atomic E-state index is -3.33. The van der Waals surface area contributed by atoms with Crippen LogP contribution in [0.5, 0.6) is 11.5 Å². The van der Waals surface area contributed by atoms with Gasteiger partial charge in [0.1, 0.15) is 23.1 Å². The van der Waals surface area contributed by atoms with Crippen LogP contribution in [0, 0.1) is 5.92 Å². The van der Waals surface area contributed by atoms with Gasteiger partial charge in [0.05, 0.1) is 18.0 Å². The summed E-state index contributed by atoms with van der Waals surface area (Å²) in [6.45, 7) is 4.72. The van der Waals surface area contributed by atoms with E-state index in [9.17, 15) is 23.1 Å². The molecule has 2 aromatic rings. The molecule has 0 aromatic heterocycles. The molecule has 1 spiro atoms. The van der Waals surface area contributed by atoms with Gasteiger partial charge in [-0.3, -0.25) is 18.8 Å². The van der Waals surface area contributed by atoms with Crippen LogP contribution in [0.3, 0.4) is 0 Å². The van der Waals surface area contributed by atoms with Gasteiger partial charge in [-0.2, -0.15) is 0 Å². The Kier molecular flexibility index (Phi) is 12.0. The molecule has 2 saturated heterocycles. The molecule has 2 amide bonds. The van der Waals surface area contributed by atoms with Gasteiger partial charge >= 0.3 is 0 Å². The number of benzene rings is 2. The number of aliphatic hydroxyl groups excluding tert-OH is 1. The quantitative estimate of drug-likeness (QED) is 0.354. The van der Waals surface area contributed by atoms with Crippen LogP contribution >= 0.6 is 12.4 Å². The van der Waals surface area contributed by atoms with Gasteiger partial charge in [-0.15, -0.1) is 12.4 Å². The standard InChI is InChI=1S/C34H48N4O6S.ClH/c1-4-5-21-38-32(40)30(31(39)26-9-7-6-8-10-26)35-33(41)34(38)19-22-37(23-20-34)24-25-11-15-28(16-12-25)44-29-17-13-27(14-18-29)36(2)45(3,42)43;/h11-18,26,30-31,39H,4-10,19-24H2,1-3H3,(H,35,41);1H/t30-,31-;/m1./s1. The van der Waals surface area contributed by atoms with Crippen LogP contribution < -0.4 is 14.4 Å². The highest BCUT2D eigenvalue weighted by Gasteiger charge is 2.55. The van der Waals surface area contributed by atoms with E-state index in [-0.39, 0.29) is 30.1 Å². The number of nitrogens with zero attached hydrogens (tertiary/aromatic N) is 3. The highest BCUT2D eigenvalue weighted by atomic mass is 35.5. The fraction of sp³-hybridized carbons (Fsp3) is 0.588. The number of piperazine rings is 1. The maximum atomic E-state index is 13.9. The van der Waals surface area contributed by atoms with Crippen molar-refractivity contribution in [3.63, 3.8) is 0 Å². The second-order valence-electron chi connectivity index (χ2n) is 13.0. The molecule has 0 radical (unpaired) electrons. The molecule has 0 bridgehead atoms. The van der Waals surface area contributed by atoms with E-state index in [2.05, 4.69) is 17.1 Å². The van der Waals surface area contributed by atoms with Crippen molar-refractivity contribution in [2.75, 3.05) is 37.2 Å². The maximum absolute atomic E-state index is 13.9. The number of nitrogens with one attached hydrogen (secondary N) is 1. The lowest BCUT2D eigenvalue weighted by Crippen LogP contribution is -2.75. The van der Waals surface area contributed by atoms with E-state index in [4.69, 9.17) is 4.74 Å². The smallest absolute Gasteiger partial charge is 0.248 e. The van der Waals surface area contributed by atoms with Crippen LogP contribution in [-0.4, -0.2) is 85.8 Å². The first kappa shape index (κ1) is 36.0. The van der Waals surface area contributed by atoms with E-state index < -0.39 is 27.7 Å². The predicted molar refractivity (Wildman–Crippen MR) is 182 cm³/mol. The number of carbonyl (C=O) groups is 2. The Morgan fingerprint density at radius 2 is 1.59 bits per heavy atom. The number of amides is 2. The number of rotatable bonds is 11. The Bertz CT molecular complexity index is 1420. The summed E-state index contributed by atoms with van der Waals surface area (Å²) in [6, 6.07) is 13.9. The molecule has 1 aliphatic carbocycles. The lowest BCUT2D eigenvalue weighted by atomic mass is 9.78. The summed E-state index contributed by atoms with van der Waals surface area (Å²) in [5, 5.41) is 14.2. The number of carbonyl (C=O) groups excluding carboxylic acids is 2. The third kappa shape index (κ3) is 7.98. The van der Waals surface area contributed by atoms with Gasteiger partial charge in [-0.05, 0) is 80.0 Å². The lowest BCUT2D eigenvalue weighted by molar-refractivity contribution is -0.166. The summed E-state index contributed by atoms with van der Waals surface area (Å²) in [5.74, 6) is 1.10. The molecule has 2 aliphatic heterocycles. The second-order valence-corrected chi connectivity index (χ2v) is 15.0. The van der Waals surface area contributed by atoms with Gasteiger partial charge in [0.2, 0.25) is 21.8 Å². The number of sulfonamides is 1. The van der Waals surface area contributed by atoms with Gasteiger partial charge in [0, 0.05) is 33.2 Å². The van der Waals surface area contributed by atoms with Crippen LogP contribution in [0.2, 0.25) is 0 Å². The zero-order valence-corrected chi connectivity index (χ0v) is 28.8. The first-order valence-electron chi connectivity index (χ1n) is 16.4. The Hall–Kier alpha value is -2.86. The number of likely N-dealkylation sites (tertiary alicyclic amines) is 1. The molecule has 3 fully saturated rings. The molecular formula is C34H49ClN4O6S. The van der Waals surface area contributed by atoms with Crippen LogP contribution in [-0.2, 0) is 26.2 Å². The maximum Gasteiger partial charge on any atom is 0.248 e. The third-order valence-electron chi connectivity index (χ3n) is 9.91. The molecule has 1 saturated carbocycles. The topological polar surface area (TPSA) is 119 Å². The van der Waals surface area contributed by atoms with E-state index in [0.717, 1.165) is 63.3 Å². The number of hydrogen-bond donors (Lipinski definition) is 2. The number of anilines is 1. The molecule has 254 valence electrons. The Labute approximate surface area is 279 Å². The molecule has 46 heavy (non-hydrogen) atoms. The summed E-state index contributed by atoms with van der Waals surface area (Å²) in [6.07, 6.45) is 8.30. The van der Waals surface area contributed by atoms with E-state index in [1.165, 1.54) is 11.4 Å². The largest absolute Gasteiger partial charge is 0.457 e. The van der Waals surface area contributed by atoms with Gasteiger partial charge in [0.25, 0.3) is 0 Å². The highest BCUT2D eigenvalue weighted by molar-refractivity contribution is 7.92. The van der Waals surface area contributed by atoms with Crippen LogP contribution in [0.15, 0.2) is 48.5 Å². The number of piperidine rings is 1. The lowest BCUT2D eigenvalue weighted by Gasteiger charge is -2.52. The zero-order valence-electron chi connectivity index (χ0n) is 27.2. The van der Waals surface area contributed by atoms with E-state index in [1.54, 1.807) is 24.3 Å². The van der Waals surface area contributed by atoms with Crippen LogP contribution in [0.1, 0.15) is 70.3 Å². The summed E-state index contributed by atoms with van der Waals surface area (Å²) < 4.78 is 30.7.